The van der Waals surface area contributed by atoms with Crippen molar-refractivity contribution >= 4 is 11.0 Å². The highest BCUT2D eigenvalue weighted by Crippen LogP contribution is 2.05. The van der Waals surface area contributed by atoms with Crippen molar-refractivity contribution in [2.75, 3.05) is 0 Å². The number of hydrogen-bond donors (Lipinski definition) is 1. The molecule has 0 aliphatic heterocycles. The quantitative estimate of drug-likeness (QED) is 0.617. The summed E-state index contributed by atoms with van der Waals surface area (Å²) in [6, 6.07) is 1.81. The smallest absolute Gasteiger partial charge is 0.262 e. The van der Waals surface area contributed by atoms with Crippen molar-refractivity contribution in [3.63, 3.8) is 0 Å². The van der Waals surface area contributed by atoms with Crippen LogP contribution in [0.4, 0.5) is 0 Å². The number of aromatic amines is 1. The molecule has 0 radical (unpaired) electrons. The van der Waals surface area contributed by atoms with Crippen LogP contribution in [0.3, 0.4) is 0 Å². The zero-order valence-corrected chi connectivity index (χ0v) is 6.96. The Bertz CT molecular complexity index is 480. The molecule has 0 bridgehead atoms. The summed E-state index contributed by atoms with van der Waals surface area (Å²) in [6.45, 7) is 1.90. The predicted molar refractivity (Wildman–Crippen MR) is 46.1 cm³/mol. The molecule has 62 valence electrons. The van der Waals surface area contributed by atoms with Crippen LogP contribution in [-0.4, -0.2) is 14.5 Å². The molecular formula is C8H9N3O. The fourth-order valence-electron chi connectivity index (χ4n) is 1.23. The van der Waals surface area contributed by atoms with Gasteiger partial charge in [0.05, 0.1) is 11.7 Å². The number of nitrogens with zero attached hydrogens (tertiary/aromatic N) is 2. The van der Waals surface area contributed by atoms with E-state index < -0.39 is 0 Å². The lowest BCUT2D eigenvalue weighted by molar-refractivity contribution is 0.842. The van der Waals surface area contributed by atoms with Gasteiger partial charge in [-0.25, -0.2) is 4.98 Å². The number of aromatic nitrogens is 3. The fourth-order valence-corrected chi connectivity index (χ4v) is 1.23. The maximum Gasteiger partial charge on any atom is 0.262 e. The molecule has 2 rings (SSSR count). The Morgan fingerprint density at radius 2 is 2.33 bits per heavy atom. The minimum absolute atomic E-state index is 0.00986. The van der Waals surface area contributed by atoms with Crippen molar-refractivity contribution in [3.8, 4) is 0 Å². The standard InChI is InChI=1S/C8H9N3O/c1-5-3-6-7(10-5)9-4-11(2)8(6)12/h3-4,10H,1-2H3. The topological polar surface area (TPSA) is 50.7 Å². The summed E-state index contributed by atoms with van der Waals surface area (Å²) in [5, 5.41) is 0.650. The van der Waals surface area contributed by atoms with Gasteiger partial charge in [-0.2, -0.15) is 0 Å². The van der Waals surface area contributed by atoms with Crippen molar-refractivity contribution in [1.29, 1.82) is 0 Å². The molecule has 0 saturated heterocycles. The van der Waals surface area contributed by atoms with E-state index in [4.69, 9.17) is 0 Å². The highest BCUT2D eigenvalue weighted by molar-refractivity contribution is 5.74. The van der Waals surface area contributed by atoms with Crippen molar-refractivity contribution < 1.29 is 0 Å². The van der Waals surface area contributed by atoms with E-state index in [9.17, 15) is 4.79 Å². The van der Waals surface area contributed by atoms with E-state index in [1.165, 1.54) is 10.9 Å². The second-order valence-corrected chi connectivity index (χ2v) is 2.88. The number of hydrogen-bond acceptors (Lipinski definition) is 2. The molecule has 0 atom stereocenters. The van der Waals surface area contributed by atoms with Crippen molar-refractivity contribution in [2.24, 2.45) is 7.05 Å². The predicted octanol–water partition coefficient (Wildman–Crippen LogP) is 0.570. The Balaban J connectivity index is 2.99. The molecule has 0 aliphatic carbocycles. The van der Waals surface area contributed by atoms with Crippen LogP contribution in [0, 0.1) is 6.92 Å². The van der Waals surface area contributed by atoms with E-state index in [0.717, 1.165) is 5.69 Å². The molecule has 0 saturated carbocycles. The Morgan fingerprint density at radius 3 is 3.08 bits per heavy atom. The Labute approximate surface area is 68.9 Å². The first kappa shape index (κ1) is 7.09. The highest BCUT2D eigenvalue weighted by Gasteiger charge is 2.02. The van der Waals surface area contributed by atoms with Crippen LogP contribution in [-0.2, 0) is 7.05 Å². The summed E-state index contributed by atoms with van der Waals surface area (Å²) in [6.07, 6.45) is 1.51. The Hall–Kier alpha value is -1.58. The Kier molecular flexibility index (Phi) is 1.30. The molecule has 1 N–H and O–H groups in total. The molecule has 0 aliphatic rings. The molecule has 4 nitrogen and oxygen atoms in total. The van der Waals surface area contributed by atoms with Crippen LogP contribution >= 0.6 is 0 Å². The van der Waals surface area contributed by atoms with E-state index >= 15 is 0 Å². The van der Waals surface area contributed by atoms with Gasteiger partial charge in [0.15, 0.2) is 0 Å². The maximum atomic E-state index is 11.4. The first-order valence-corrected chi connectivity index (χ1v) is 3.69. The molecular weight excluding hydrogens is 154 g/mol. The van der Waals surface area contributed by atoms with E-state index in [2.05, 4.69) is 9.97 Å². The van der Waals surface area contributed by atoms with Gasteiger partial charge < -0.3 is 9.55 Å². The number of fused-ring (bicyclic) bond motifs is 1. The van der Waals surface area contributed by atoms with Crippen LogP contribution in [0.15, 0.2) is 17.2 Å². The van der Waals surface area contributed by atoms with Gasteiger partial charge in [-0.3, -0.25) is 4.79 Å². The van der Waals surface area contributed by atoms with Gasteiger partial charge in [-0.05, 0) is 13.0 Å². The number of aryl methyl sites for hydroxylation is 2. The number of H-pyrrole nitrogens is 1. The first-order valence-electron chi connectivity index (χ1n) is 3.69. The minimum atomic E-state index is -0.00986. The third-order valence-corrected chi connectivity index (χ3v) is 1.84. The lowest BCUT2D eigenvalue weighted by Gasteiger charge is -1.93. The molecule has 0 unspecified atom stereocenters. The summed E-state index contributed by atoms with van der Waals surface area (Å²) in [4.78, 5) is 18.5. The zero-order chi connectivity index (χ0) is 8.72. The second-order valence-electron chi connectivity index (χ2n) is 2.88. The summed E-state index contributed by atoms with van der Waals surface area (Å²) in [5.41, 5.74) is 1.61. The van der Waals surface area contributed by atoms with Gasteiger partial charge in [0.1, 0.15) is 5.65 Å². The number of rotatable bonds is 0. The summed E-state index contributed by atoms with van der Waals surface area (Å²) >= 11 is 0. The molecule has 2 aromatic heterocycles. The van der Waals surface area contributed by atoms with Crippen molar-refractivity contribution in [1.82, 2.24) is 14.5 Å². The molecule has 12 heavy (non-hydrogen) atoms. The van der Waals surface area contributed by atoms with E-state index in [-0.39, 0.29) is 5.56 Å². The van der Waals surface area contributed by atoms with Crippen LogP contribution < -0.4 is 5.56 Å². The van der Waals surface area contributed by atoms with E-state index in [1.54, 1.807) is 7.05 Å². The van der Waals surface area contributed by atoms with Gasteiger partial charge in [-0.1, -0.05) is 0 Å². The van der Waals surface area contributed by atoms with Gasteiger partial charge in [0, 0.05) is 12.7 Å². The molecule has 2 aromatic rings. The first-order chi connectivity index (χ1) is 5.68. The summed E-state index contributed by atoms with van der Waals surface area (Å²) in [7, 11) is 1.69. The number of nitrogens with one attached hydrogen (secondary N) is 1. The van der Waals surface area contributed by atoms with Crippen molar-refractivity contribution in [3.05, 3.63) is 28.4 Å². The van der Waals surface area contributed by atoms with Crippen LogP contribution in [0.25, 0.3) is 11.0 Å². The average molecular weight is 163 g/mol. The lowest BCUT2D eigenvalue weighted by Crippen LogP contribution is -2.15. The maximum absolute atomic E-state index is 11.4. The van der Waals surface area contributed by atoms with E-state index in [0.29, 0.717) is 11.0 Å². The third kappa shape index (κ3) is 0.845. The zero-order valence-electron chi connectivity index (χ0n) is 6.96. The third-order valence-electron chi connectivity index (χ3n) is 1.84. The summed E-state index contributed by atoms with van der Waals surface area (Å²) in [5.74, 6) is 0. The molecule has 0 fully saturated rings. The minimum Gasteiger partial charge on any atom is -0.343 e. The molecule has 4 heteroatoms. The van der Waals surface area contributed by atoms with Crippen LogP contribution in [0.2, 0.25) is 0 Å². The summed E-state index contributed by atoms with van der Waals surface area (Å²) < 4.78 is 1.47. The normalized spacial score (nSPS) is 10.8. The lowest BCUT2D eigenvalue weighted by atomic mass is 10.4. The van der Waals surface area contributed by atoms with Crippen molar-refractivity contribution in [2.45, 2.75) is 6.92 Å². The molecule has 2 heterocycles. The van der Waals surface area contributed by atoms with Gasteiger partial charge in [0.25, 0.3) is 5.56 Å². The molecule has 0 spiro atoms. The second kappa shape index (κ2) is 2.20. The van der Waals surface area contributed by atoms with Crippen LogP contribution in [0.5, 0.6) is 0 Å². The monoisotopic (exact) mass is 163 g/mol. The fraction of sp³-hybridized carbons (Fsp3) is 0.250. The largest absolute Gasteiger partial charge is 0.343 e. The SMILES string of the molecule is Cc1cc2c(=O)n(C)cnc2[nH]1. The van der Waals surface area contributed by atoms with Crippen LogP contribution in [0.1, 0.15) is 5.69 Å². The molecule has 0 aromatic carbocycles. The van der Waals surface area contributed by atoms with Gasteiger partial charge in [0.2, 0.25) is 0 Å². The Morgan fingerprint density at radius 1 is 1.58 bits per heavy atom. The van der Waals surface area contributed by atoms with E-state index in [1.807, 2.05) is 13.0 Å². The highest BCUT2D eigenvalue weighted by atomic mass is 16.1. The average Bonchev–Trinajstić information content (AvgIpc) is 2.39. The van der Waals surface area contributed by atoms with Gasteiger partial charge in [-0.15, -0.1) is 0 Å². The van der Waals surface area contributed by atoms with Gasteiger partial charge >= 0.3 is 0 Å². The molecule has 0 amide bonds.